The number of furan rings is 1. The van der Waals surface area contributed by atoms with Crippen LogP contribution in [0.3, 0.4) is 0 Å². The van der Waals surface area contributed by atoms with E-state index in [2.05, 4.69) is 15.9 Å². The molecule has 2 heterocycles. The lowest BCUT2D eigenvalue weighted by Gasteiger charge is -2.18. The van der Waals surface area contributed by atoms with Crippen LogP contribution in [0.1, 0.15) is 16.1 Å². The lowest BCUT2D eigenvalue weighted by Crippen LogP contribution is -2.15. The molecule has 3 rings (SSSR count). The molecule has 0 bridgehead atoms. The van der Waals surface area contributed by atoms with Crippen molar-refractivity contribution in [3.8, 4) is 11.5 Å². The van der Waals surface area contributed by atoms with E-state index in [9.17, 15) is 4.79 Å². The van der Waals surface area contributed by atoms with Gasteiger partial charge in [0.15, 0.2) is 17.3 Å². The van der Waals surface area contributed by atoms with E-state index in [4.69, 9.17) is 13.9 Å². The fourth-order valence-corrected chi connectivity index (χ4v) is 2.19. The van der Waals surface area contributed by atoms with Gasteiger partial charge in [0.2, 0.25) is 0 Å². The van der Waals surface area contributed by atoms with Gasteiger partial charge in [-0.2, -0.15) is 0 Å². The molecule has 1 aliphatic heterocycles. The van der Waals surface area contributed by atoms with Crippen LogP contribution in [-0.4, -0.2) is 19.0 Å². The summed E-state index contributed by atoms with van der Waals surface area (Å²) in [6, 6.07) is 6.95. The van der Waals surface area contributed by atoms with Crippen molar-refractivity contribution in [1.82, 2.24) is 0 Å². The van der Waals surface area contributed by atoms with Gasteiger partial charge in [-0.25, -0.2) is 0 Å². The second-order valence-electron chi connectivity index (χ2n) is 4.22. The fraction of sp³-hybridized carbons (Fsp3) is 0.133. The molecule has 2 aromatic rings. The van der Waals surface area contributed by atoms with E-state index in [0.717, 1.165) is 4.47 Å². The maximum atomic E-state index is 12.1. The van der Waals surface area contributed by atoms with E-state index in [1.165, 1.54) is 6.08 Å². The molecular formula is C15H11BrO4. The van der Waals surface area contributed by atoms with Crippen molar-refractivity contribution in [3.05, 3.63) is 52.4 Å². The lowest BCUT2D eigenvalue weighted by atomic mass is 10.1. The highest BCUT2D eigenvalue weighted by Gasteiger charge is 2.13. The number of hydrogen-bond donors (Lipinski definition) is 0. The van der Waals surface area contributed by atoms with Gasteiger partial charge in [0, 0.05) is 5.56 Å². The summed E-state index contributed by atoms with van der Waals surface area (Å²) in [6.07, 6.45) is 4.66. The minimum absolute atomic E-state index is 0.116. The first-order valence-corrected chi connectivity index (χ1v) is 6.88. The number of fused-ring (bicyclic) bond motifs is 1. The molecule has 0 fully saturated rings. The molecule has 1 aromatic carbocycles. The van der Waals surface area contributed by atoms with Gasteiger partial charge in [0.25, 0.3) is 0 Å². The smallest absolute Gasteiger partial charge is 0.186 e. The van der Waals surface area contributed by atoms with Gasteiger partial charge in [-0.3, -0.25) is 4.79 Å². The molecule has 0 aliphatic carbocycles. The maximum absolute atomic E-state index is 12.1. The molecule has 1 aromatic heterocycles. The number of ether oxygens (including phenoxy) is 2. The van der Waals surface area contributed by atoms with Crippen molar-refractivity contribution >= 4 is 27.8 Å². The van der Waals surface area contributed by atoms with Crippen molar-refractivity contribution in [1.29, 1.82) is 0 Å². The SMILES string of the molecule is O=C(/C=C\c1cc(Br)co1)c1ccc2c(c1)OCCO2. The van der Waals surface area contributed by atoms with Gasteiger partial charge >= 0.3 is 0 Å². The van der Waals surface area contributed by atoms with Crippen LogP contribution >= 0.6 is 15.9 Å². The summed E-state index contributed by atoms with van der Waals surface area (Å²) < 4.78 is 16.9. The average Bonchev–Trinajstić information content (AvgIpc) is 2.90. The third kappa shape index (κ3) is 2.77. The molecule has 0 spiro atoms. The van der Waals surface area contributed by atoms with E-state index in [0.29, 0.717) is 36.0 Å². The van der Waals surface area contributed by atoms with Crippen LogP contribution in [0.5, 0.6) is 11.5 Å². The molecule has 102 valence electrons. The van der Waals surface area contributed by atoms with Gasteiger partial charge in [0.05, 0.1) is 4.47 Å². The molecule has 0 saturated heterocycles. The molecule has 0 atom stereocenters. The molecule has 5 heteroatoms. The van der Waals surface area contributed by atoms with Crippen LogP contribution in [0.25, 0.3) is 6.08 Å². The Labute approximate surface area is 124 Å². The summed E-state index contributed by atoms with van der Waals surface area (Å²) in [5.41, 5.74) is 0.552. The summed E-state index contributed by atoms with van der Waals surface area (Å²) in [7, 11) is 0. The van der Waals surface area contributed by atoms with Crippen molar-refractivity contribution in [2.75, 3.05) is 13.2 Å². The Bertz CT molecular complexity index is 672. The topological polar surface area (TPSA) is 48.7 Å². The highest BCUT2D eigenvalue weighted by Crippen LogP contribution is 2.31. The number of rotatable bonds is 3. The Morgan fingerprint density at radius 2 is 1.95 bits per heavy atom. The second kappa shape index (κ2) is 5.54. The van der Waals surface area contributed by atoms with Crippen LogP contribution in [0.4, 0.5) is 0 Å². The van der Waals surface area contributed by atoms with Gasteiger partial charge in [-0.1, -0.05) is 0 Å². The summed E-state index contributed by atoms with van der Waals surface area (Å²) in [5.74, 6) is 1.78. The molecule has 0 unspecified atom stereocenters. The van der Waals surface area contributed by atoms with E-state index in [-0.39, 0.29) is 5.78 Å². The Morgan fingerprint density at radius 1 is 1.15 bits per heavy atom. The van der Waals surface area contributed by atoms with Crippen LogP contribution in [0.15, 0.2) is 45.5 Å². The van der Waals surface area contributed by atoms with E-state index >= 15 is 0 Å². The number of benzene rings is 1. The van der Waals surface area contributed by atoms with Crippen molar-refractivity contribution in [2.45, 2.75) is 0 Å². The summed E-state index contributed by atoms with van der Waals surface area (Å²) in [4.78, 5) is 12.1. The Balaban J connectivity index is 1.78. The van der Waals surface area contributed by atoms with E-state index in [1.807, 2.05) is 0 Å². The van der Waals surface area contributed by atoms with Crippen molar-refractivity contribution in [3.63, 3.8) is 0 Å². The van der Waals surface area contributed by atoms with Crippen LogP contribution in [-0.2, 0) is 0 Å². The Hall–Kier alpha value is -2.01. The molecule has 20 heavy (non-hydrogen) atoms. The first-order valence-electron chi connectivity index (χ1n) is 6.08. The number of hydrogen-bond acceptors (Lipinski definition) is 4. The number of allylic oxidation sites excluding steroid dienone is 1. The van der Waals surface area contributed by atoms with Crippen LogP contribution in [0.2, 0.25) is 0 Å². The first kappa shape index (κ1) is 13.0. The highest BCUT2D eigenvalue weighted by molar-refractivity contribution is 9.10. The number of halogens is 1. The second-order valence-corrected chi connectivity index (χ2v) is 5.14. The number of ketones is 1. The quantitative estimate of drug-likeness (QED) is 0.634. The van der Waals surface area contributed by atoms with E-state index in [1.54, 1.807) is 36.6 Å². The average molecular weight is 335 g/mol. The minimum Gasteiger partial charge on any atom is -0.486 e. The van der Waals surface area contributed by atoms with E-state index < -0.39 is 0 Å². The van der Waals surface area contributed by atoms with Crippen molar-refractivity contribution < 1.29 is 18.7 Å². The standard InChI is InChI=1S/C15H11BrO4/c16-11-8-12(20-9-11)2-3-13(17)10-1-4-14-15(7-10)19-6-5-18-14/h1-4,7-9H,5-6H2/b3-2-. The molecule has 0 N–H and O–H groups in total. The van der Waals surface area contributed by atoms with Gasteiger partial charge in [-0.15, -0.1) is 0 Å². The first-order chi connectivity index (χ1) is 9.72. The summed E-state index contributed by atoms with van der Waals surface area (Å²) >= 11 is 3.28. The van der Waals surface area contributed by atoms with Gasteiger partial charge < -0.3 is 13.9 Å². The highest BCUT2D eigenvalue weighted by atomic mass is 79.9. The summed E-state index contributed by atoms with van der Waals surface area (Å²) in [6.45, 7) is 1.04. The number of carbonyl (C=O) groups excluding carboxylic acids is 1. The minimum atomic E-state index is -0.116. The molecule has 4 nitrogen and oxygen atoms in total. The molecule has 0 saturated carbocycles. The summed E-state index contributed by atoms with van der Waals surface area (Å²) in [5, 5.41) is 0. The third-order valence-electron chi connectivity index (χ3n) is 2.81. The molecule has 0 radical (unpaired) electrons. The largest absolute Gasteiger partial charge is 0.486 e. The zero-order valence-corrected chi connectivity index (χ0v) is 12.1. The molecule has 1 aliphatic rings. The number of carbonyl (C=O) groups is 1. The fourth-order valence-electron chi connectivity index (χ4n) is 1.87. The zero-order chi connectivity index (χ0) is 13.9. The van der Waals surface area contributed by atoms with Crippen LogP contribution < -0.4 is 9.47 Å². The van der Waals surface area contributed by atoms with Crippen molar-refractivity contribution in [2.24, 2.45) is 0 Å². The lowest BCUT2D eigenvalue weighted by molar-refractivity contribution is 0.104. The monoisotopic (exact) mass is 334 g/mol. The zero-order valence-electron chi connectivity index (χ0n) is 10.5. The Kier molecular flexibility index (Phi) is 3.60. The van der Waals surface area contributed by atoms with Gasteiger partial charge in [0.1, 0.15) is 25.2 Å². The van der Waals surface area contributed by atoms with Crippen LogP contribution in [0, 0.1) is 0 Å². The normalized spacial score (nSPS) is 13.7. The Morgan fingerprint density at radius 3 is 2.70 bits per heavy atom. The maximum Gasteiger partial charge on any atom is 0.186 e. The molecule has 0 amide bonds. The van der Waals surface area contributed by atoms with Gasteiger partial charge in [-0.05, 0) is 52.3 Å². The predicted molar refractivity (Wildman–Crippen MR) is 77.2 cm³/mol. The predicted octanol–water partition coefficient (Wildman–Crippen LogP) is 3.71. The third-order valence-corrected chi connectivity index (χ3v) is 3.23. The molecular weight excluding hydrogens is 324 g/mol.